The van der Waals surface area contributed by atoms with Crippen molar-refractivity contribution in [1.82, 2.24) is 24.7 Å². The van der Waals surface area contributed by atoms with Crippen LogP contribution in [0, 0.1) is 27.7 Å². The molecule has 44 heavy (non-hydrogen) atoms. The molecule has 2 N–H and O–H groups in total. The van der Waals surface area contributed by atoms with E-state index >= 15 is 0 Å². The molecule has 0 bridgehead atoms. The first-order valence-corrected chi connectivity index (χ1v) is 15.9. The molecular weight excluding hydrogens is 578 g/mol. The third kappa shape index (κ3) is 6.51. The van der Waals surface area contributed by atoms with Crippen molar-refractivity contribution in [2.75, 3.05) is 16.6 Å². The summed E-state index contributed by atoms with van der Waals surface area (Å²) in [6.45, 7) is 12.7. The molecule has 0 saturated carbocycles. The van der Waals surface area contributed by atoms with Crippen LogP contribution in [-0.2, 0) is 27.9 Å². The van der Waals surface area contributed by atoms with Crippen LogP contribution in [0.4, 0.5) is 11.6 Å². The van der Waals surface area contributed by atoms with Crippen molar-refractivity contribution in [3.63, 3.8) is 0 Å². The van der Waals surface area contributed by atoms with Gasteiger partial charge in [-0.1, -0.05) is 41.6 Å². The average molecular weight is 616 g/mol. The lowest BCUT2D eigenvalue weighted by Crippen LogP contribution is -2.15. The summed E-state index contributed by atoms with van der Waals surface area (Å²) in [6, 6.07) is 12.9. The van der Waals surface area contributed by atoms with Gasteiger partial charge in [0.1, 0.15) is 17.4 Å². The van der Waals surface area contributed by atoms with Gasteiger partial charge in [0.25, 0.3) is 10.0 Å². The third-order valence-electron chi connectivity index (χ3n) is 7.58. The molecule has 5 rings (SSSR count). The van der Waals surface area contributed by atoms with E-state index in [2.05, 4.69) is 32.1 Å². The van der Waals surface area contributed by atoms with Gasteiger partial charge in [-0.25, -0.2) is 23.4 Å². The minimum Gasteiger partial charge on any atom is -0.377 e. The Hall–Kier alpha value is -4.55. The van der Waals surface area contributed by atoms with Crippen LogP contribution in [0.5, 0.6) is 0 Å². The Morgan fingerprint density at radius 1 is 1.02 bits per heavy atom. The van der Waals surface area contributed by atoms with Crippen LogP contribution < -0.4 is 10.0 Å². The molecule has 0 aliphatic rings. The first kappa shape index (κ1) is 30.9. The number of ether oxygens (including phenoxy) is 1. The maximum atomic E-state index is 13.6. The van der Waals surface area contributed by atoms with Crippen molar-refractivity contribution in [3.05, 3.63) is 101 Å². The Morgan fingerprint density at radius 2 is 1.82 bits per heavy atom. The molecule has 3 aromatic heterocycles. The van der Waals surface area contributed by atoms with E-state index in [0.717, 1.165) is 33.8 Å². The Balaban J connectivity index is 1.47. The van der Waals surface area contributed by atoms with E-state index in [1.54, 1.807) is 44.6 Å². The zero-order chi connectivity index (χ0) is 31.4. The molecule has 230 valence electrons. The van der Waals surface area contributed by atoms with Gasteiger partial charge in [0, 0.05) is 47.9 Å². The number of aryl methyl sites for hydroxylation is 3. The molecule has 11 nitrogen and oxygen atoms in total. The monoisotopic (exact) mass is 615 g/mol. The summed E-state index contributed by atoms with van der Waals surface area (Å²) in [7, 11) is -3.98. The van der Waals surface area contributed by atoms with Crippen LogP contribution in [0.3, 0.4) is 0 Å². The van der Waals surface area contributed by atoms with E-state index in [4.69, 9.17) is 14.2 Å². The van der Waals surface area contributed by atoms with Crippen molar-refractivity contribution in [2.24, 2.45) is 0 Å². The van der Waals surface area contributed by atoms with Gasteiger partial charge in [0.2, 0.25) is 0 Å². The van der Waals surface area contributed by atoms with Gasteiger partial charge in [0.05, 0.1) is 23.9 Å². The number of hydrogen-bond acceptors (Lipinski definition) is 9. The first-order chi connectivity index (χ1) is 21.1. The second-order valence-electron chi connectivity index (χ2n) is 10.6. The molecule has 0 aliphatic heterocycles. The van der Waals surface area contributed by atoms with E-state index in [-0.39, 0.29) is 16.8 Å². The number of aromatic nitrogens is 5. The number of nitrogens with zero attached hydrogens (tertiary/aromatic N) is 5. The summed E-state index contributed by atoms with van der Waals surface area (Å²) < 4.78 is 42.8. The van der Waals surface area contributed by atoms with Gasteiger partial charge in [0.15, 0.2) is 5.82 Å². The lowest BCUT2D eigenvalue weighted by molar-refractivity contribution is 0.134. The number of rotatable bonds is 12. The quantitative estimate of drug-likeness (QED) is 0.170. The summed E-state index contributed by atoms with van der Waals surface area (Å²) in [5, 5.41) is 7.40. The highest BCUT2D eigenvalue weighted by Crippen LogP contribution is 2.33. The highest BCUT2D eigenvalue weighted by molar-refractivity contribution is 7.92. The summed E-state index contributed by atoms with van der Waals surface area (Å²) in [5.74, 6) is 2.16. The predicted molar refractivity (Wildman–Crippen MR) is 169 cm³/mol. The summed E-state index contributed by atoms with van der Waals surface area (Å²) in [6.07, 6.45) is 5.47. The van der Waals surface area contributed by atoms with E-state index in [9.17, 15) is 8.42 Å². The van der Waals surface area contributed by atoms with Crippen LogP contribution in [-0.4, -0.2) is 39.7 Å². The second kappa shape index (κ2) is 13.0. The van der Waals surface area contributed by atoms with Gasteiger partial charge < -0.3 is 19.1 Å². The highest BCUT2D eigenvalue weighted by atomic mass is 32.2. The fourth-order valence-electron chi connectivity index (χ4n) is 5.16. The number of imidazole rings is 1. The van der Waals surface area contributed by atoms with Gasteiger partial charge in [-0.2, -0.15) is 0 Å². The largest absolute Gasteiger partial charge is 0.377 e. The third-order valence-corrected chi connectivity index (χ3v) is 8.98. The fraction of sp³-hybridized carbons (Fsp3) is 0.312. The predicted octanol–water partition coefficient (Wildman–Crippen LogP) is 6.12. The molecule has 5 aromatic rings. The van der Waals surface area contributed by atoms with E-state index in [1.807, 2.05) is 55.8 Å². The van der Waals surface area contributed by atoms with Crippen LogP contribution >= 0.6 is 0 Å². The van der Waals surface area contributed by atoms with Crippen LogP contribution in [0.2, 0.25) is 0 Å². The van der Waals surface area contributed by atoms with E-state index in [1.165, 1.54) is 0 Å². The second-order valence-corrected chi connectivity index (χ2v) is 12.3. The van der Waals surface area contributed by atoms with Crippen molar-refractivity contribution in [3.8, 4) is 11.1 Å². The molecule has 0 radical (unpaired) electrons. The molecular formula is C32H37N7O4S. The Bertz CT molecular complexity index is 1870. The zero-order valence-electron chi connectivity index (χ0n) is 25.7. The SMILES string of the molecule is CCOCc1cc(CNc2nc(C)nc(C)c2C(C)n2ccnc2)ccc1-c1ccccc1S(=O)(=O)Nc1noc(C)c1C. The van der Waals surface area contributed by atoms with Crippen LogP contribution in [0.15, 0.2) is 70.6 Å². The molecule has 0 saturated heterocycles. The fourth-order valence-corrected chi connectivity index (χ4v) is 6.44. The van der Waals surface area contributed by atoms with Crippen molar-refractivity contribution in [2.45, 2.75) is 65.6 Å². The Labute approximate surface area is 257 Å². The van der Waals surface area contributed by atoms with Gasteiger partial charge in [-0.3, -0.25) is 4.72 Å². The normalized spacial score (nSPS) is 12.3. The minimum atomic E-state index is -3.98. The first-order valence-electron chi connectivity index (χ1n) is 14.4. The van der Waals surface area contributed by atoms with Gasteiger partial charge in [-0.15, -0.1) is 0 Å². The average Bonchev–Trinajstić information content (AvgIpc) is 3.65. The molecule has 0 fully saturated rings. The number of hydrogen-bond donors (Lipinski definition) is 2. The maximum absolute atomic E-state index is 13.6. The molecule has 0 amide bonds. The summed E-state index contributed by atoms with van der Waals surface area (Å²) >= 11 is 0. The topological polar surface area (TPSA) is 137 Å². The van der Waals surface area contributed by atoms with Crippen molar-refractivity contribution >= 4 is 21.7 Å². The molecule has 12 heteroatoms. The molecule has 2 aromatic carbocycles. The molecule has 0 aliphatic carbocycles. The number of nitrogens with one attached hydrogen (secondary N) is 2. The lowest BCUT2D eigenvalue weighted by Gasteiger charge is -2.21. The lowest BCUT2D eigenvalue weighted by atomic mass is 9.97. The van der Waals surface area contributed by atoms with Crippen LogP contribution in [0.1, 0.15) is 59.4 Å². The smallest absolute Gasteiger partial charge is 0.263 e. The Morgan fingerprint density at radius 3 is 2.52 bits per heavy atom. The zero-order valence-corrected chi connectivity index (χ0v) is 26.6. The molecule has 0 spiro atoms. The van der Waals surface area contributed by atoms with E-state index < -0.39 is 10.0 Å². The van der Waals surface area contributed by atoms with Crippen LogP contribution in [0.25, 0.3) is 11.1 Å². The standard InChI is InChI=1S/C32H37N7O4S/c1-7-42-18-26-16-25(17-34-32-30(21(3)35-24(6)36-32)22(4)39-15-14-33-19-39)12-13-27(26)28-10-8-9-11-29(28)44(40,41)38-31-20(2)23(5)43-37-31/h8-16,19,22H,7,17-18H2,1-6H3,(H,37,38)(H,34,35,36). The summed E-state index contributed by atoms with van der Waals surface area (Å²) in [4.78, 5) is 13.7. The van der Waals surface area contributed by atoms with Gasteiger partial charge in [-0.05, 0) is 64.3 Å². The molecule has 1 atom stereocenters. The molecule has 3 heterocycles. The number of anilines is 2. The van der Waals surface area contributed by atoms with E-state index in [0.29, 0.717) is 42.5 Å². The van der Waals surface area contributed by atoms with Crippen molar-refractivity contribution in [1.29, 1.82) is 0 Å². The number of sulfonamides is 1. The molecule has 1 unspecified atom stereocenters. The minimum absolute atomic E-state index is 0.0199. The number of benzene rings is 2. The Kier molecular flexibility index (Phi) is 9.12. The highest BCUT2D eigenvalue weighted by Gasteiger charge is 2.24. The maximum Gasteiger partial charge on any atom is 0.263 e. The van der Waals surface area contributed by atoms with Gasteiger partial charge >= 0.3 is 0 Å². The summed E-state index contributed by atoms with van der Waals surface area (Å²) in [5.41, 5.74) is 5.71. The van der Waals surface area contributed by atoms with Crippen molar-refractivity contribution < 1.29 is 17.7 Å².